The lowest BCUT2D eigenvalue weighted by Gasteiger charge is -2.22. The maximum absolute atomic E-state index is 10.9. The molecule has 1 heterocycles. The molecule has 2 rings (SSSR count). The Labute approximate surface area is 111 Å². The fourth-order valence-electron chi connectivity index (χ4n) is 2.14. The summed E-state index contributed by atoms with van der Waals surface area (Å²) in [5, 5.41) is 3.30. The van der Waals surface area contributed by atoms with Gasteiger partial charge in [0.2, 0.25) is 0 Å². The van der Waals surface area contributed by atoms with Crippen LogP contribution in [0.25, 0.3) is 0 Å². The van der Waals surface area contributed by atoms with E-state index in [1.165, 1.54) is 6.33 Å². The number of aromatic nitrogens is 2. The SMILES string of the molecule is [O-]P(O)(=S)OC[C@@H]1CC[C@H](Nc2ccncn2)C1. The van der Waals surface area contributed by atoms with Gasteiger partial charge in [-0.3, -0.25) is 0 Å². The molecular weight excluding hydrogens is 273 g/mol. The van der Waals surface area contributed by atoms with Gasteiger partial charge in [-0.1, -0.05) is 11.8 Å². The highest BCUT2D eigenvalue weighted by Gasteiger charge is 2.25. The van der Waals surface area contributed by atoms with E-state index in [-0.39, 0.29) is 12.5 Å². The Morgan fingerprint density at radius 2 is 2.44 bits per heavy atom. The van der Waals surface area contributed by atoms with Crippen molar-refractivity contribution >= 4 is 24.3 Å². The molecule has 1 aliphatic rings. The second-order valence-corrected chi connectivity index (χ2v) is 6.96. The normalized spacial score (nSPS) is 26.8. The van der Waals surface area contributed by atoms with Crippen LogP contribution in [0, 0.1) is 5.92 Å². The molecule has 0 radical (unpaired) electrons. The zero-order valence-electron chi connectivity index (χ0n) is 9.73. The van der Waals surface area contributed by atoms with Gasteiger partial charge in [0.05, 0.1) is 6.61 Å². The predicted octanol–water partition coefficient (Wildman–Crippen LogP) is 0.651. The fraction of sp³-hybridized carbons (Fsp3) is 0.600. The van der Waals surface area contributed by atoms with E-state index >= 15 is 0 Å². The summed E-state index contributed by atoms with van der Waals surface area (Å²) in [4.78, 5) is 27.7. The van der Waals surface area contributed by atoms with Crippen LogP contribution in [0.5, 0.6) is 0 Å². The molecule has 18 heavy (non-hydrogen) atoms. The van der Waals surface area contributed by atoms with Crippen LogP contribution in [-0.2, 0) is 16.3 Å². The molecule has 1 aliphatic carbocycles. The lowest BCUT2D eigenvalue weighted by Crippen LogP contribution is -2.17. The molecule has 1 aromatic heterocycles. The second-order valence-electron chi connectivity index (χ2n) is 4.38. The largest absolute Gasteiger partial charge is 0.780 e. The highest BCUT2D eigenvalue weighted by molar-refractivity contribution is 8.06. The van der Waals surface area contributed by atoms with Gasteiger partial charge >= 0.3 is 0 Å². The molecular formula is C10H15N3O3PS-. The molecule has 0 saturated heterocycles. The van der Waals surface area contributed by atoms with E-state index in [2.05, 4.69) is 27.1 Å². The smallest absolute Gasteiger partial charge is 0.129 e. The van der Waals surface area contributed by atoms with Crippen molar-refractivity contribution in [1.29, 1.82) is 0 Å². The number of anilines is 1. The van der Waals surface area contributed by atoms with Crippen molar-refractivity contribution in [3.63, 3.8) is 0 Å². The Bertz CT molecular complexity index is 428. The first-order valence-corrected chi connectivity index (χ1v) is 8.33. The van der Waals surface area contributed by atoms with Gasteiger partial charge < -0.3 is 19.6 Å². The van der Waals surface area contributed by atoms with E-state index in [1.54, 1.807) is 6.20 Å². The van der Waals surface area contributed by atoms with Gasteiger partial charge in [0.25, 0.3) is 0 Å². The van der Waals surface area contributed by atoms with E-state index in [4.69, 9.17) is 9.42 Å². The molecule has 1 fully saturated rings. The number of hydrogen-bond acceptors (Lipinski definition) is 6. The van der Waals surface area contributed by atoms with Gasteiger partial charge in [-0.25, -0.2) is 9.97 Å². The monoisotopic (exact) mass is 288 g/mol. The average Bonchev–Trinajstić information content (AvgIpc) is 2.75. The summed E-state index contributed by atoms with van der Waals surface area (Å²) in [5.74, 6) is 1.07. The van der Waals surface area contributed by atoms with Gasteiger partial charge in [-0.05, 0) is 31.2 Å². The van der Waals surface area contributed by atoms with Crippen molar-refractivity contribution in [2.75, 3.05) is 11.9 Å². The molecule has 8 heteroatoms. The minimum Gasteiger partial charge on any atom is -0.780 e. The summed E-state index contributed by atoms with van der Waals surface area (Å²) < 4.78 is 4.78. The van der Waals surface area contributed by atoms with Crippen LogP contribution in [0.1, 0.15) is 19.3 Å². The summed E-state index contributed by atoms with van der Waals surface area (Å²) in [7, 11) is 0. The van der Waals surface area contributed by atoms with Crippen LogP contribution in [-0.4, -0.2) is 27.5 Å². The van der Waals surface area contributed by atoms with Crippen molar-refractivity contribution in [2.45, 2.75) is 25.3 Å². The van der Waals surface area contributed by atoms with Crippen LogP contribution in [0.3, 0.4) is 0 Å². The number of nitrogens with zero attached hydrogens (tertiary/aromatic N) is 2. The third-order valence-corrected chi connectivity index (χ3v) is 3.74. The second kappa shape index (κ2) is 6.04. The Balaban J connectivity index is 1.77. The molecule has 0 spiro atoms. The topological polar surface area (TPSA) is 90.3 Å². The van der Waals surface area contributed by atoms with Crippen LogP contribution in [0.2, 0.25) is 0 Å². The maximum atomic E-state index is 10.9. The van der Waals surface area contributed by atoms with Crippen LogP contribution in [0.4, 0.5) is 5.82 Å². The van der Waals surface area contributed by atoms with Gasteiger partial charge in [0.15, 0.2) is 0 Å². The number of hydrogen-bond donors (Lipinski definition) is 2. The minimum absolute atomic E-state index is 0.249. The third-order valence-electron chi connectivity index (χ3n) is 2.95. The molecule has 2 N–H and O–H groups in total. The standard InChI is InChI=1S/C10H16N3O3PS/c14-17(15,18)16-6-8-1-2-9(5-8)13-10-3-4-11-7-12-10/h3-4,7-9H,1-2,5-6H2,(H,11,12,13)(H2,14,15,18)/p-1/t8-,9+/m1/s1. The highest BCUT2D eigenvalue weighted by atomic mass is 32.5. The zero-order valence-corrected chi connectivity index (χ0v) is 11.4. The Hall–Kier alpha value is -0.590. The average molecular weight is 288 g/mol. The van der Waals surface area contributed by atoms with E-state index in [0.29, 0.717) is 6.04 Å². The minimum atomic E-state index is -3.76. The molecule has 1 unspecified atom stereocenters. The fourth-order valence-corrected chi connectivity index (χ4v) is 2.72. The van der Waals surface area contributed by atoms with Crippen molar-refractivity contribution in [3.8, 4) is 0 Å². The van der Waals surface area contributed by atoms with E-state index < -0.39 is 6.72 Å². The highest BCUT2D eigenvalue weighted by Crippen LogP contribution is 2.35. The lowest BCUT2D eigenvalue weighted by atomic mass is 10.1. The molecule has 100 valence electrons. The van der Waals surface area contributed by atoms with E-state index in [1.807, 2.05) is 6.07 Å². The van der Waals surface area contributed by atoms with E-state index in [0.717, 1.165) is 25.1 Å². The molecule has 0 aliphatic heterocycles. The lowest BCUT2D eigenvalue weighted by molar-refractivity contribution is -0.202. The summed E-state index contributed by atoms with van der Waals surface area (Å²) in [6.07, 6.45) is 6.02. The summed E-state index contributed by atoms with van der Waals surface area (Å²) in [6, 6.07) is 2.13. The van der Waals surface area contributed by atoms with Crippen molar-refractivity contribution < 1.29 is 14.3 Å². The molecule has 0 bridgehead atoms. The summed E-state index contributed by atoms with van der Waals surface area (Å²) in [6.45, 7) is -3.51. The van der Waals surface area contributed by atoms with Crippen molar-refractivity contribution in [2.24, 2.45) is 5.92 Å². The van der Waals surface area contributed by atoms with Crippen LogP contribution < -0.4 is 10.2 Å². The molecule has 1 aromatic rings. The Morgan fingerprint density at radius 3 is 3.11 bits per heavy atom. The van der Waals surface area contributed by atoms with Crippen LogP contribution >= 0.6 is 6.72 Å². The molecule has 0 amide bonds. The first-order chi connectivity index (χ1) is 8.53. The Kier molecular flexibility index (Phi) is 4.64. The van der Waals surface area contributed by atoms with Gasteiger partial charge in [-0.15, -0.1) is 0 Å². The first-order valence-electron chi connectivity index (χ1n) is 5.74. The zero-order chi connectivity index (χ0) is 13.0. The third kappa shape index (κ3) is 4.59. The van der Waals surface area contributed by atoms with Gasteiger partial charge in [0.1, 0.15) is 18.9 Å². The first kappa shape index (κ1) is 13.8. The van der Waals surface area contributed by atoms with E-state index in [9.17, 15) is 4.89 Å². The van der Waals surface area contributed by atoms with Gasteiger partial charge in [-0.2, -0.15) is 0 Å². The maximum Gasteiger partial charge on any atom is 0.129 e. The van der Waals surface area contributed by atoms with Crippen LogP contribution in [0.15, 0.2) is 18.6 Å². The molecule has 0 aromatic carbocycles. The van der Waals surface area contributed by atoms with Gasteiger partial charge in [0, 0.05) is 12.2 Å². The molecule has 6 nitrogen and oxygen atoms in total. The Morgan fingerprint density at radius 1 is 1.61 bits per heavy atom. The predicted molar refractivity (Wildman–Crippen MR) is 69.2 cm³/mol. The van der Waals surface area contributed by atoms with Crippen molar-refractivity contribution in [3.05, 3.63) is 18.6 Å². The summed E-state index contributed by atoms with van der Waals surface area (Å²) in [5.41, 5.74) is 0. The quantitative estimate of drug-likeness (QED) is 0.769. The number of nitrogens with one attached hydrogen (secondary N) is 1. The summed E-state index contributed by atoms with van der Waals surface area (Å²) >= 11 is 4.31. The molecule has 3 atom stereocenters. The number of rotatable bonds is 5. The molecule has 1 saturated carbocycles. The van der Waals surface area contributed by atoms with Crippen molar-refractivity contribution in [1.82, 2.24) is 9.97 Å².